The molecule has 1 amide bonds. The van der Waals surface area contributed by atoms with Gasteiger partial charge < -0.3 is 20.8 Å². The first-order chi connectivity index (χ1) is 6.43. The first-order valence-electron chi connectivity index (χ1n) is 4.40. The lowest BCUT2D eigenvalue weighted by molar-refractivity contribution is -0.148. The number of amides is 1. The molecule has 1 fully saturated rings. The van der Waals surface area contributed by atoms with E-state index in [1.807, 2.05) is 0 Å². The Morgan fingerprint density at radius 1 is 1.57 bits per heavy atom. The number of aliphatic hydroxyl groups excluding tert-OH is 1. The van der Waals surface area contributed by atoms with E-state index in [0.717, 1.165) is 4.90 Å². The van der Waals surface area contributed by atoms with Crippen LogP contribution in [0.1, 0.15) is 13.3 Å². The first-order valence-corrected chi connectivity index (χ1v) is 4.40. The van der Waals surface area contributed by atoms with E-state index in [4.69, 9.17) is 10.8 Å². The van der Waals surface area contributed by atoms with Crippen LogP contribution in [-0.4, -0.2) is 51.7 Å². The number of carbonyl (C=O) groups excluding carboxylic acids is 1. The fourth-order valence-electron chi connectivity index (χ4n) is 1.55. The maximum absolute atomic E-state index is 11.4. The molecule has 1 aliphatic heterocycles. The molecule has 0 aliphatic carbocycles. The van der Waals surface area contributed by atoms with Gasteiger partial charge in [-0.05, 0) is 6.92 Å². The lowest BCUT2D eigenvalue weighted by Gasteiger charge is -2.22. The van der Waals surface area contributed by atoms with E-state index >= 15 is 0 Å². The summed E-state index contributed by atoms with van der Waals surface area (Å²) in [5.74, 6) is -1.54. The summed E-state index contributed by atoms with van der Waals surface area (Å²) in [6.07, 6.45) is -0.688. The number of carbonyl (C=O) groups is 2. The summed E-state index contributed by atoms with van der Waals surface area (Å²) < 4.78 is 0. The summed E-state index contributed by atoms with van der Waals surface area (Å²) >= 11 is 0. The predicted octanol–water partition coefficient (Wildman–Crippen LogP) is -1.62. The molecule has 6 nitrogen and oxygen atoms in total. The number of nitrogens with two attached hydrogens (primary N) is 1. The third kappa shape index (κ3) is 2.02. The van der Waals surface area contributed by atoms with Crippen LogP contribution in [0.2, 0.25) is 0 Å². The van der Waals surface area contributed by atoms with E-state index in [2.05, 4.69) is 0 Å². The van der Waals surface area contributed by atoms with Crippen LogP contribution in [0.4, 0.5) is 0 Å². The summed E-state index contributed by atoms with van der Waals surface area (Å²) in [7, 11) is 0. The Kier molecular flexibility index (Phi) is 3.07. The normalized spacial score (nSPS) is 28.9. The number of carboxylic acids is 1. The molecule has 0 aromatic heterocycles. The monoisotopic (exact) mass is 202 g/mol. The molecule has 0 aromatic rings. The maximum Gasteiger partial charge on any atom is 0.326 e. The number of likely N-dealkylation sites (tertiary alicyclic amines) is 1. The molecule has 0 saturated carbocycles. The summed E-state index contributed by atoms with van der Waals surface area (Å²) in [6, 6.07) is -1.68. The highest BCUT2D eigenvalue weighted by Gasteiger charge is 2.39. The summed E-state index contributed by atoms with van der Waals surface area (Å²) in [5.41, 5.74) is 5.36. The predicted molar refractivity (Wildman–Crippen MR) is 47.4 cm³/mol. The van der Waals surface area contributed by atoms with Gasteiger partial charge in [-0.2, -0.15) is 0 Å². The molecule has 1 aliphatic rings. The average molecular weight is 202 g/mol. The van der Waals surface area contributed by atoms with Gasteiger partial charge in [0.25, 0.3) is 0 Å². The number of aliphatic carboxylic acids is 1. The number of nitrogens with zero attached hydrogens (tertiary/aromatic N) is 1. The molecule has 0 radical (unpaired) electrons. The molecule has 0 bridgehead atoms. The van der Waals surface area contributed by atoms with Crippen LogP contribution in [0.5, 0.6) is 0 Å². The smallest absolute Gasteiger partial charge is 0.326 e. The fraction of sp³-hybridized carbons (Fsp3) is 0.750. The Balaban J connectivity index is 2.76. The molecule has 1 heterocycles. The van der Waals surface area contributed by atoms with Crippen LogP contribution in [-0.2, 0) is 9.59 Å². The molecule has 80 valence electrons. The van der Waals surface area contributed by atoms with Gasteiger partial charge in [0, 0.05) is 13.0 Å². The third-order valence-electron chi connectivity index (χ3n) is 2.24. The highest BCUT2D eigenvalue weighted by atomic mass is 16.4. The lowest BCUT2D eigenvalue weighted by Crippen LogP contribution is -2.47. The Bertz CT molecular complexity index is 254. The van der Waals surface area contributed by atoms with Crippen LogP contribution in [0.15, 0.2) is 0 Å². The van der Waals surface area contributed by atoms with Crippen molar-refractivity contribution in [3.05, 3.63) is 0 Å². The van der Waals surface area contributed by atoms with Crippen molar-refractivity contribution in [3.63, 3.8) is 0 Å². The highest BCUT2D eigenvalue weighted by molar-refractivity contribution is 5.87. The molecular weight excluding hydrogens is 188 g/mol. The molecular formula is C8H14N2O4. The van der Waals surface area contributed by atoms with Gasteiger partial charge in [-0.15, -0.1) is 0 Å². The second-order valence-electron chi connectivity index (χ2n) is 3.52. The molecule has 0 unspecified atom stereocenters. The van der Waals surface area contributed by atoms with Crippen molar-refractivity contribution in [2.45, 2.75) is 31.5 Å². The first kappa shape index (κ1) is 10.9. The molecule has 4 N–H and O–H groups in total. The van der Waals surface area contributed by atoms with E-state index < -0.39 is 30.1 Å². The second-order valence-corrected chi connectivity index (χ2v) is 3.52. The zero-order chi connectivity index (χ0) is 10.9. The Morgan fingerprint density at radius 3 is 2.57 bits per heavy atom. The van der Waals surface area contributed by atoms with Gasteiger partial charge in [0.05, 0.1) is 12.1 Å². The summed E-state index contributed by atoms with van der Waals surface area (Å²) in [5, 5.41) is 18.0. The standard InChI is InChI=1S/C8H14N2O4/c1-4(9)7(12)10-3-5(11)2-6(10)8(13)14/h4-6,11H,2-3,9H2,1H3,(H,13,14)/t4-,5-,6+/m1/s1. The minimum Gasteiger partial charge on any atom is -0.480 e. The number of hydrogen-bond donors (Lipinski definition) is 3. The van der Waals surface area contributed by atoms with Crippen molar-refractivity contribution >= 4 is 11.9 Å². The highest BCUT2D eigenvalue weighted by Crippen LogP contribution is 2.18. The molecule has 1 rings (SSSR count). The van der Waals surface area contributed by atoms with Gasteiger partial charge in [-0.1, -0.05) is 0 Å². The Morgan fingerprint density at radius 2 is 2.14 bits per heavy atom. The number of aliphatic hydroxyl groups is 1. The van der Waals surface area contributed by atoms with Crippen molar-refractivity contribution in [1.29, 1.82) is 0 Å². The Labute approximate surface area is 81.3 Å². The van der Waals surface area contributed by atoms with Gasteiger partial charge in [0.1, 0.15) is 6.04 Å². The van der Waals surface area contributed by atoms with Crippen molar-refractivity contribution in [2.24, 2.45) is 5.73 Å². The molecule has 0 aromatic carbocycles. The van der Waals surface area contributed by atoms with Crippen LogP contribution >= 0.6 is 0 Å². The van der Waals surface area contributed by atoms with Crippen molar-refractivity contribution < 1.29 is 19.8 Å². The molecule has 3 atom stereocenters. The van der Waals surface area contributed by atoms with Crippen LogP contribution < -0.4 is 5.73 Å². The van der Waals surface area contributed by atoms with Crippen molar-refractivity contribution in [3.8, 4) is 0 Å². The van der Waals surface area contributed by atoms with Crippen molar-refractivity contribution in [1.82, 2.24) is 4.90 Å². The minimum absolute atomic E-state index is 0.0529. The lowest BCUT2D eigenvalue weighted by atomic mass is 10.2. The zero-order valence-electron chi connectivity index (χ0n) is 7.88. The summed E-state index contributed by atoms with van der Waals surface area (Å²) in [6.45, 7) is 1.54. The van der Waals surface area contributed by atoms with Crippen LogP contribution in [0, 0.1) is 0 Å². The van der Waals surface area contributed by atoms with E-state index in [1.165, 1.54) is 6.92 Å². The van der Waals surface area contributed by atoms with E-state index in [-0.39, 0.29) is 13.0 Å². The maximum atomic E-state index is 11.4. The number of β-amino-alcohol motifs (C(OH)–C–C–N with tert-alkyl or cyclic N) is 1. The van der Waals surface area contributed by atoms with E-state index in [9.17, 15) is 14.7 Å². The van der Waals surface area contributed by atoms with Gasteiger partial charge in [0.2, 0.25) is 5.91 Å². The van der Waals surface area contributed by atoms with Crippen LogP contribution in [0.3, 0.4) is 0 Å². The van der Waals surface area contributed by atoms with Gasteiger partial charge in [-0.3, -0.25) is 4.79 Å². The number of rotatable bonds is 2. The molecule has 14 heavy (non-hydrogen) atoms. The van der Waals surface area contributed by atoms with Gasteiger partial charge in [-0.25, -0.2) is 4.79 Å². The topological polar surface area (TPSA) is 104 Å². The quantitative estimate of drug-likeness (QED) is 0.499. The third-order valence-corrected chi connectivity index (χ3v) is 2.24. The number of carboxylic acid groups (broad SMARTS) is 1. The Hall–Kier alpha value is -1.14. The van der Waals surface area contributed by atoms with Gasteiger partial charge >= 0.3 is 5.97 Å². The van der Waals surface area contributed by atoms with Gasteiger partial charge in [0.15, 0.2) is 0 Å². The molecule has 1 saturated heterocycles. The largest absolute Gasteiger partial charge is 0.480 e. The average Bonchev–Trinajstić information content (AvgIpc) is 2.45. The molecule has 0 spiro atoms. The zero-order valence-corrected chi connectivity index (χ0v) is 7.88. The SMILES string of the molecule is C[C@@H](N)C(=O)N1C[C@H](O)C[C@H]1C(=O)O. The van der Waals surface area contributed by atoms with Crippen LogP contribution in [0.25, 0.3) is 0 Å². The van der Waals surface area contributed by atoms with Crippen molar-refractivity contribution in [2.75, 3.05) is 6.54 Å². The summed E-state index contributed by atoms with van der Waals surface area (Å²) in [4.78, 5) is 23.3. The van der Waals surface area contributed by atoms with E-state index in [1.54, 1.807) is 0 Å². The molecule has 6 heteroatoms. The fourth-order valence-corrected chi connectivity index (χ4v) is 1.55. The second kappa shape index (κ2) is 3.93. The number of hydrogen-bond acceptors (Lipinski definition) is 4. The van der Waals surface area contributed by atoms with E-state index in [0.29, 0.717) is 0 Å². The minimum atomic E-state index is -1.10.